The molecule has 4 nitrogen and oxygen atoms in total. The summed E-state index contributed by atoms with van der Waals surface area (Å²) >= 11 is 0.894. The highest BCUT2D eigenvalue weighted by molar-refractivity contribution is 8.18. The predicted molar refractivity (Wildman–Crippen MR) is 83.5 cm³/mol. The second-order valence-electron chi connectivity index (χ2n) is 4.69. The molecule has 3 rings (SSSR count). The average molecular weight is 296 g/mol. The summed E-state index contributed by atoms with van der Waals surface area (Å²) in [5.41, 5.74) is 3.96. The number of aryl methyl sites for hydroxylation is 1. The molecule has 0 saturated carbocycles. The molecule has 1 fully saturated rings. The van der Waals surface area contributed by atoms with Crippen molar-refractivity contribution >= 4 is 29.0 Å². The smallest absolute Gasteiger partial charge is 0.282 e. The molecular weight excluding hydrogens is 284 g/mol. The first-order chi connectivity index (χ1) is 10.1. The Morgan fingerprint density at radius 2 is 1.86 bits per heavy atom. The van der Waals surface area contributed by atoms with Gasteiger partial charge in [0.1, 0.15) is 0 Å². The predicted octanol–water partition coefficient (Wildman–Crippen LogP) is 3.38. The van der Waals surface area contributed by atoms with Crippen LogP contribution in [0.5, 0.6) is 0 Å². The van der Waals surface area contributed by atoms with Crippen LogP contribution in [0.15, 0.2) is 47.5 Å². The van der Waals surface area contributed by atoms with Gasteiger partial charge in [0.15, 0.2) is 0 Å². The Balaban J connectivity index is 1.93. The quantitative estimate of drug-likeness (QED) is 0.863. The number of aromatic nitrogens is 1. The average Bonchev–Trinajstić information content (AvgIpc) is 2.78. The summed E-state index contributed by atoms with van der Waals surface area (Å²) < 4.78 is 0. The third-order valence-corrected chi connectivity index (χ3v) is 3.90. The standard InChI is InChI=1S/C16H12N2O2S/c1-10-2-4-11(5-3-10)12-6-7-17-13(8-12)9-14-15(19)18-16(20)21-14/h2-9H,1H3,(H,18,19,20)/b14-9-. The number of nitrogens with zero attached hydrogens (tertiary/aromatic N) is 1. The highest BCUT2D eigenvalue weighted by atomic mass is 32.2. The van der Waals surface area contributed by atoms with Gasteiger partial charge >= 0.3 is 0 Å². The lowest BCUT2D eigenvalue weighted by Gasteiger charge is -2.03. The number of hydrogen-bond donors (Lipinski definition) is 1. The van der Waals surface area contributed by atoms with Crippen molar-refractivity contribution in [2.45, 2.75) is 6.92 Å². The van der Waals surface area contributed by atoms with Crippen LogP contribution in [0.2, 0.25) is 0 Å². The van der Waals surface area contributed by atoms with Gasteiger partial charge in [0.05, 0.1) is 10.6 Å². The molecular formula is C16H12N2O2S. The third-order valence-electron chi connectivity index (χ3n) is 3.09. The van der Waals surface area contributed by atoms with Crippen LogP contribution in [0.1, 0.15) is 11.3 Å². The Labute approximate surface area is 126 Å². The van der Waals surface area contributed by atoms with Crippen molar-refractivity contribution < 1.29 is 9.59 Å². The van der Waals surface area contributed by atoms with E-state index in [0.717, 1.165) is 22.9 Å². The highest BCUT2D eigenvalue weighted by Crippen LogP contribution is 2.26. The van der Waals surface area contributed by atoms with Gasteiger partial charge in [0, 0.05) is 6.20 Å². The molecule has 0 spiro atoms. The number of nitrogens with one attached hydrogen (secondary N) is 1. The maximum absolute atomic E-state index is 11.5. The summed E-state index contributed by atoms with van der Waals surface area (Å²) in [6.45, 7) is 2.04. The largest absolute Gasteiger partial charge is 0.290 e. The molecule has 1 saturated heterocycles. The molecule has 5 heteroatoms. The Morgan fingerprint density at radius 1 is 1.10 bits per heavy atom. The Morgan fingerprint density at radius 3 is 2.52 bits per heavy atom. The highest BCUT2D eigenvalue weighted by Gasteiger charge is 2.25. The second-order valence-corrected chi connectivity index (χ2v) is 5.70. The third kappa shape index (κ3) is 3.03. The fourth-order valence-electron chi connectivity index (χ4n) is 2.01. The molecule has 1 aromatic heterocycles. The van der Waals surface area contributed by atoms with Gasteiger partial charge in [-0.1, -0.05) is 29.8 Å². The van der Waals surface area contributed by atoms with Crippen LogP contribution in [0.25, 0.3) is 17.2 Å². The van der Waals surface area contributed by atoms with E-state index < -0.39 is 0 Å². The van der Waals surface area contributed by atoms with E-state index in [1.54, 1.807) is 12.3 Å². The topological polar surface area (TPSA) is 59.1 Å². The number of amides is 2. The first kappa shape index (κ1) is 13.6. The lowest BCUT2D eigenvalue weighted by Crippen LogP contribution is -2.17. The van der Waals surface area contributed by atoms with Gasteiger partial charge in [0.25, 0.3) is 11.1 Å². The van der Waals surface area contributed by atoms with Gasteiger partial charge in [0.2, 0.25) is 0 Å². The number of imide groups is 1. The molecule has 2 aromatic rings. The number of carbonyl (C=O) groups is 2. The molecule has 1 aromatic carbocycles. The van der Waals surface area contributed by atoms with E-state index in [4.69, 9.17) is 0 Å². The minimum Gasteiger partial charge on any atom is -0.282 e. The van der Waals surface area contributed by atoms with E-state index in [1.807, 2.05) is 43.3 Å². The van der Waals surface area contributed by atoms with Crippen LogP contribution in [0, 0.1) is 6.92 Å². The minimum atomic E-state index is -0.368. The first-order valence-corrected chi connectivity index (χ1v) is 7.21. The van der Waals surface area contributed by atoms with Crippen molar-refractivity contribution in [2.75, 3.05) is 0 Å². The van der Waals surface area contributed by atoms with Crippen LogP contribution in [0.4, 0.5) is 4.79 Å². The van der Waals surface area contributed by atoms with Crippen molar-refractivity contribution in [2.24, 2.45) is 0 Å². The maximum atomic E-state index is 11.5. The Bertz CT molecular complexity index is 751. The summed E-state index contributed by atoms with van der Waals surface area (Å²) in [6, 6.07) is 12.0. The molecule has 1 aliphatic heterocycles. The number of carbonyl (C=O) groups excluding carboxylic acids is 2. The van der Waals surface area contributed by atoms with Crippen molar-refractivity contribution in [3.05, 3.63) is 58.8 Å². The lowest BCUT2D eigenvalue weighted by atomic mass is 10.0. The lowest BCUT2D eigenvalue weighted by molar-refractivity contribution is -0.115. The van der Waals surface area contributed by atoms with E-state index in [-0.39, 0.29) is 11.1 Å². The molecule has 1 N–H and O–H groups in total. The van der Waals surface area contributed by atoms with Crippen molar-refractivity contribution in [1.29, 1.82) is 0 Å². The van der Waals surface area contributed by atoms with Gasteiger partial charge in [-0.25, -0.2) is 0 Å². The number of pyridine rings is 1. The van der Waals surface area contributed by atoms with Crippen LogP contribution >= 0.6 is 11.8 Å². The normalized spacial score (nSPS) is 16.3. The van der Waals surface area contributed by atoms with Gasteiger partial charge in [-0.05, 0) is 48.0 Å². The molecule has 0 atom stereocenters. The van der Waals surface area contributed by atoms with Gasteiger partial charge in [-0.2, -0.15) is 0 Å². The summed E-state index contributed by atoms with van der Waals surface area (Å²) in [5.74, 6) is -0.368. The fraction of sp³-hybridized carbons (Fsp3) is 0.0625. The Kier molecular flexibility index (Phi) is 3.58. The van der Waals surface area contributed by atoms with Crippen LogP contribution in [-0.2, 0) is 4.79 Å². The van der Waals surface area contributed by atoms with Gasteiger partial charge in [-0.15, -0.1) is 0 Å². The summed E-state index contributed by atoms with van der Waals surface area (Å²) in [6.07, 6.45) is 3.32. The minimum absolute atomic E-state index is 0.346. The van der Waals surface area contributed by atoms with E-state index >= 15 is 0 Å². The summed E-state index contributed by atoms with van der Waals surface area (Å²) in [7, 11) is 0. The Hall–Kier alpha value is -2.40. The molecule has 2 heterocycles. The van der Waals surface area contributed by atoms with Crippen molar-refractivity contribution in [3.8, 4) is 11.1 Å². The molecule has 0 radical (unpaired) electrons. The van der Waals surface area contributed by atoms with Crippen molar-refractivity contribution in [3.63, 3.8) is 0 Å². The van der Waals surface area contributed by atoms with Crippen LogP contribution < -0.4 is 5.32 Å². The van der Waals surface area contributed by atoms with E-state index in [1.165, 1.54) is 5.56 Å². The molecule has 0 bridgehead atoms. The maximum Gasteiger partial charge on any atom is 0.290 e. The number of benzene rings is 1. The number of hydrogen-bond acceptors (Lipinski definition) is 4. The van der Waals surface area contributed by atoms with E-state index in [9.17, 15) is 9.59 Å². The first-order valence-electron chi connectivity index (χ1n) is 6.40. The van der Waals surface area contributed by atoms with Gasteiger partial charge in [-0.3, -0.25) is 19.9 Å². The van der Waals surface area contributed by atoms with Crippen molar-refractivity contribution in [1.82, 2.24) is 10.3 Å². The monoisotopic (exact) mass is 296 g/mol. The van der Waals surface area contributed by atoms with E-state index in [0.29, 0.717) is 10.6 Å². The SMILES string of the molecule is Cc1ccc(-c2ccnc(/C=C3\SC(=O)NC3=O)c2)cc1. The molecule has 2 amide bonds. The summed E-state index contributed by atoms with van der Waals surface area (Å²) in [4.78, 5) is 27.3. The van der Waals surface area contributed by atoms with Crippen LogP contribution in [-0.4, -0.2) is 16.1 Å². The van der Waals surface area contributed by atoms with Gasteiger partial charge < -0.3 is 0 Å². The van der Waals surface area contributed by atoms with Crippen LogP contribution in [0.3, 0.4) is 0 Å². The zero-order chi connectivity index (χ0) is 14.8. The number of thioether (sulfide) groups is 1. The fourth-order valence-corrected chi connectivity index (χ4v) is 2.68. The molecule has 104 valence electrons. The zero-order valence-corrected chi connectivity index (χ0v) is 12.1. The number of rotatable bonds is 2. The molecule has 21 heavy (non-hydrogen) atoms. The zero-order valence-electron chi connectivity index (χ0n) is 11.3. The molecule has 1 aliphatic rings. The van der Waals surface area contributed by atoms with E-state index in [2.05, 4.69) is 10.3 Å². The summed E-state index contributed by atoms with van der Waals surface area (Å²) in [5, 5.41) is 1.88. The second kappa shape index (κ2) is 5.54. The molecule has 0 aliphatic carbocycles. The molecule has 0 unspecified atom stereocenters.